The third-order valence-electron chi connectivity index (χ3n) is 5.11. The summed E-state index contributed by atoms with van der Waals surface area (Å²) in [4.78, 5) is 25.3. The normalized spacial score (nSPS) is 15.5. The maximum Gasteiger partial charge on any atom is 0.334 e. The molecule has 0 radical (unpaired) electrons. The first-order valence-electron chi connectivity index (χ1n) is 9.40. The van der Waals surface area contributed by atoms with Crippen LogP contribution in [0.1, 0.15) is 56.5 Å². The number of nitrogens with one attached hydrogen (secondary N) is 1. The van der Waals surface area contributed by atoms with Crippen molar-refractivity contribution in [2.24, 2.45) is 0 Å². The number of aryl methyl sites for hydroxylation is 1. The predicted octanol–water partition coefficient (Wildman–Crippen LogP) is 3.84. The Kier molecular flexibility index (Phi) is 4.49. The topological polar surface area (TPSA) is 72.3 Å². The van der Waals surface area contributed by atoms with E-state index in [1.807, 2.05) is 38.1 Å². The molecule has 4 rings (SSSR count). The third-order valence-corrected chi connectivity index (χ3v) is 5.11. The molecule has 1 saturated carbocycles. The van der Waals surface area contributed by atoms with Gasteiger partial charge in [-0.25, -0.2) is 19.2 Å². The Balaban J connectivity index is 1.86. The SMILES string of the molecule is CCOc1ccccc1-c1nc2c(C)nc(C3CCCCC3)n2c(=O)[nH]1. The average Bonchev–Trinajstić information content (AvgIpc) is 3.00. The summed E-state index contributed by atoms with van der Waals surface area (Å²) in [7, 11) is 0. The van der Waals surface area contributed by atoms with E-state index in [1.54, 1.807) is 4.40 Å². The van der Waals surface area contributed by atoms with Crippen LogP contribution in [0, 0.1) is 6.92 Å². The minimum Gasteiger partial charge on any atom is -0.493 e. The van der Waals surface area contributed by atoms with Crippen molar-refractivity contribution in [2.45, 2.75) is 51.9 Å². The molecule has 26 heavy (non-hydrogen) atoms. The number of H-pyrrole nitrogens is 1. The van der Waals surface area contributed by atoms with Crippen molar-refractivity contribution in [1.82, 2.24) is 19.4 Å². The molecule has 3 aromatic rings. The highest BCUT2D eigenvalue weighted by atomic mass is 16.5. The van der Waals surface area contributed by atoms with E-state index in [0.29, 0.717) is 29.7 Å². The molecule has 6 nitrogen and oxygen atoms in total. The second-order valence-corrected chi connectivity index (χ2v) is 6.87. The third kappa shape index (κ3) is 2.89. The van der Waals surface area contributed by atoms with Crippen molar-refractivity contribution >= 4 is 5.65 Å². The van der Waals surface area contributed by atoms with E-state index in [1.165, 1.54) is 19.3 Å². The van der Waals surface area contributed by atoms with Gasteiger partial charge in [0.25, 0.3) is 0 Å². The summed E-state index contributed by atoms with van der Waals surface area (Å²) < 4.78 is 7.35. The Labute approximate surface area is 152 Å². The lowest BCUT2D eigenvalue weighted by molar-refractivity contribution is 0.341. The van der Waals surface area contributed by atoms with E-state index in [4.69, 9.17) is 14.7 Å². The summed E-state index contributed by atoms with van der Waals surface area (Å²) in [6.45, 7) is 4.42. The molecular weight excluding hydrogens is 328 g/mol. The van der Waals surface area contributed by atoms with Crippen LogP contribution in [0.25, 0.3) is 17.0 Å². The Morgan fingerprint density at radius 2 is 1.96 bits per heavy atom. The molecule has 1 fully saturated rings. The van der Waals surface area contributed by atoms with Crippen LogP contribution in [-0.2, 0) is 0 Å². The van der Waals surface area contributed by atoms with Crippen LogP contribution >= 0.6 is 0 Å². The molecule has 0 unspecified atom stereocenters. The van der Waals surface area contributed by atoms with Crippen molar-refractivity contribution in [1.29, 1.82) is 0 Å². The van der Waals surface area contributed by atoms with Crippen molar-refractivity contribution in [3.05, 3.63) is 46.3 Å². The van der Waals surface area contributed by atoms with Gasteiger partial charge in [0.2, 0.25) is 0 Å². The fourth-order valence-corrected chi connectivity index (χ4v) is 3.87. The second kappa shape index (κ2) is 6.94. The van der Waals surface area contributed by atoms with E-state index >= 15 is 0 Å². The minimum absolute atomic E-state index is 0.183. The zero-order chi connectivity index (χ0) is 18.1. The number of para-hydroxylation sites is 1. The Morgan fingerprint density at radius 3 is 2.73 bits per heavy atom. The van der Waals surface area contributed by atoms with Crippen LogP contribution in [0.15, 0.2) is 29.1 Å². The van der Waals surface area contributed by atoms with Gasteiger partial charge in [0.1, 0.15) is 17.4 Å². The molecule has 2 heterocycles. The molecule has 1 aromatic carbocycles. The van der Waals surface area contributed by atoms with Gasteiger partial charge in [-0.3, -0.25) is 4.98 Å². The van der Waals surface area contributed by atoms with Crippen LogP contribution in [0.5, 0.6) is 5.75 Å². The fraction of sp³-hybridized carbons (Fsp3) is 0.450. The molecule has 0 aliphatic heterocycles. The summed E-state index contributed by atoms with van der Waals surface area (Å²) in [5.41, 5.74) is 2.04. The van der Waals surface area contributed by atoms with Crippen LogP contribution in [-0.4, -0.2) is 26.0 Å². The first kappa shape index (κ1) is 16.8. The number of ether oxygens (including phenoxy) is 1. The van der Waals surface area contributed by atoms with Crippen LogP contribution in [0.2, 0.25) is 0 Å². The van der Waals surface area contributed by atoms with Gasteiger partial charge in [0.15, 0.2) is 5.65 Å². The van der Waals surface area contributed by atoms with Gasteiger partial charge < -0.3 is 4.74 Å². The van der Waals surface area contributed by atoms with Crippen molar-refractivity contribution < 1.29 is 4.74 Å². The first-order chi connectivity index (χ1) is 12.7. The molecule has 1 aliphatic rings. The van der Waals surface area contributed by atoms with E-state index in [2.05, 4.69) is 4.98 Å². The summed E-state index contributed by atoms with van der Waals surface area (Å²) in [5.74, 6) is 2.43. The lowest BCUT2D eigenvalue weighted by atomic mass is 9.89. The molecular formula is C20H24N4O2. The largest absolute Gasteiger partial charge is 0.493 e. The first-order valence-corrected chi connectivity index (χ1v) is 9.40. The van der Waals surface area contributed by atoms with Crippen molar-refractivity contribution in [3.8, 4) is 17.1 Å². The Bertz CT molecular complexity index is 983. The number of nitrogens with zero attached hydrogens (tertiary/aromatic N) is 3. The van der Waals surface area contributed by atoms with Crippen molar-refractivity contribution in [3.63, 3.8) is 0 Å². The highest BCUT2D eigenvalue weighted by Crippen LogP contribution is 2.33. The molecule has 0 saturated heterocycles. The van der Waals surface area contributed by atoms with E-state index in [-0.39, 0.29) is 5.69 Å². The maximum absolute atomic E-state index is 12.9. The summed E-state index contributed by atoms with van der Waals surface area (Å²) in [6.07, 6.45) is 5.85. The number of hydrogen-bond acceptors (Lipinski definition) is 4. The number of rotatable bonds is 4. The van der Waals surface area contributed by atoms with E-state index in [9.17, 15) is 4.79 Å². The molecule has 0 bridgehead atoms. The van der Waals surface area contributed by atoms with Crippen molar-refractivity contribution in [2.75, 3.05) is 6.61 Å². The molecule has 1 N–H and O–H groups in total. The number of imidazole rings is 1. The van der Waals surface area contributed by atoms with Gasteiger partial charge in [-0.2, -0.15) is 0 Å². The Hall–Kier alpha value is -2.63. The average molecular weight is 352 g/mol. The molecule has 1 aliphatic carbocycles. The molecule has 136 valence electrons. The highest BCUT2D eigenvalue weighted by Gasteiger charge is 2.24. The molecule has 0 amide bonds. The van der Waals surface area contributed by atoms with E-state index in [0.717, 1.165) is 29.9 Å². The quantitative estimate of drug-likeness (QED) is 0.774. The van der Waals surface area contributed by atoms with Gasteiger partial charge in [0, 0.05) is 5.92 Å². The summed E-state index contributed by atoms with van der Waals surface area (Å²) in [5, 5.41) is 0. The van der Waals surface area contributed by atoms with E-state index < -0.39 is 0 Å². The van der Waals surface area contributed by atoms with Gasteiger partial charge in [0.05, 0.1) is 17.9 Å². The van der Waals surface area contributed by atoms with Crippen LogP contribution in [0.3, 0.4) is 0 Å². The fourth-order valence-electron chi connectivity index (χ4n) is 3.87. The number of benzene rings is 1. The standard InChI is InChI=1S/C20H24N4O2/c1-3-26-16-12-8-7-11-15(16)17-22-18-13(2)21-19(24(18)20(25)23-17)14-9-5-4-6-10-14/h7-8,11-12,14H,3-6,9-10H2,1-2H3,(H,22,23,25). The maximum atomic E-state index is 12.9. The van der Waals surface area contributed by atoms with Gasteiger partial charge in [-0.15, -0.1) is 0 Å². The number of hydrogen-bond donors (Lipinski definition) is 1. The Morgan fingerprint density at radius 1 is 1.19 bits per heavy atom. The predicted molar refractivity (Wildman–Crippen MR) is 101 cm³/mol. The molecule has 2 aromatic heterocycles. The number of aromatic amines is 1. The van der Waals surface area contributed by atoms with Gasteiger partial charge in [-0.05, 0) is 38.8 Å². The lowest BCUT2D eigenvalue weighted by Gasteiger charge is -2.20. The van der Waals surface area contributed by atoms with Crippen LogP contribution in [0.4, 0.5) is 0 Å². The van der Waals surface area contributed by atoms with Gasteiger partial charge in [-0.1, -0.05) is 31.4 Å². The lowest BCUT2D eigenvalue weighted by Crippen LogP contribution is -2.22. The molecule has 6 heteroatoms. The number of fused-ring (bicyclic) bond motifs is 1. The van der Waals surface area contributed by atoms with Crippen LogP contribution < -0.4 is 10.4 Å². The summed E-state index contributed by atoms with van der Waals surface area (Å²) >= 11 is 0. The number of aromatic nitrogens is 4. The summed E-state index contributed by atoms with van der Waals surface area (Å²) in [6, 6.07) is 7.63. The minimum atomic E-state index is -0.183. The highest BCUT2D eigenvalue weighted by molar-refractivity contribution is 5.65. The molecule has 0 atom stereocenters. The monoisotopic (exact) mass is 352 g/mol. The second-order valence-electron chi connectivity index (χ2n) is 6.87. The smallest absolute Gasteiger partial charge is 0.334 e. The zero-order valence-corrected chi connectivity index (χ0v) is 15.3. The molecule has 0 spiro atoms. The van der Waals surface area contributed by atoms with Gasteiger partial charge >= 0.3 is 5.69 Å². The zero-order valence-electron chi connectivity index (χ0n) is 15.3.